The van der Waals surface area contributed by atoms with Gasteiger partial charge in [-0.25, -0.2) is 9.78 Å². The Hall–Kier alpha value is -6.33. The second-order valence-electron chi connectivity index (χ2n) is 12.6. The summed E-state index contributed by atoms with van der Waals surface area (Å²) in [5, 5.41) is 20.9. The molecule has 0 aliphatic carbocycles. The minimum Gasteiger partial charge on any atom is -0.478 e. The zero-order chi connectivity index (χ0) is 35.0. The first kappa shape index (κ1) is 33.2. The number of nitrogens with one attached hydrogen (secondary N) is 2. The number of amides is 1. The van der Waals surface area contributed by atoms with E-state index < -0.39 is 5.97 Å². The summed E-state index contributed by atoms with van der Waals surface area (Å²) in [6.07, 6.45) is 12.5. The number of nitrogens with zero attached hydrogens (tertiary/aromatic N) is 6. The smallest absolute Gasteiger partial charge is 0.338 e. The van der Waals surface area contributed by atoms with Crippen LogP contribution in [-0.4, -0.2) is 64.5 Å². The number of aromatic nitrogens is 6. The van der Waals surface area contributed by atoms with Crippen LogP contribution in [-0.2, 0) is 19.6 Å². The van der Waals surface area contributed by atoms with E-state index in [2.05, 4.69) is 60.7 Å². The maximum Gasteiger partial charge on any atom is 0.338 e. The van der Waals surface area contributed by atoms with Crippen LogP contribution in [0.25, 0.3) is 22.2 Å². The molecule has 11 nitrogen and oxygen atoms in total. The molecule has 0 saturated carbocycles. The molecule has 51 heavy (non-hydrogen) atoms. The number of H-pyrrole nitrogens is 1. The van der Waals surface area contributed by atoms with E-state index >= 15 is 0 Å². The molecule has 1 fully saturated rings. The number of pyridine rings is 1. The first-order valence-electron chi connectivity index (χ1n) is 16.9. The van der Waals surface area contributed by atoms with Crippen LogP contribution >= 0.6 is 0 Å². The summed E-state index contributed by atoms with van der Waals surface area (Å²) in [6.45, 7) is 4.60. The molecule has 3 aromatic carbocycles. The van der Waals surface area contributed by atoms with Crippen molar-refractivity contribution in [3.8, 4) is 11.1 Å². The van der Waals surface area contributed by atoms with Gasteiger partial charge in [-0.05, 0) is 54.3 Å². The number of carboxylic acids is 1. The van der Waals surface area contributed by atoms with Gasteiger partial charge in [0.05, 0.1) is 42.3 Å². The number of carboxylic acid groups (broad SMARTS) is 1. The van der Waals surface area contributed by atoms with Crippen molar-refractivity contribution in [1.29, 1.82) is 0 Å². The van der Waals surface area contributed by atoms with E-state index in [0.717, 1.165) is 39.8 Å². The van der Waals surface area contributed by atoms with Gasteiger partial charge >= 0.3 is 5.97 Å². The van der Waals surface area contributed by atoms with Gasteiger partial charge in [-0.1, -0.05) is 84.9 Å². The Kier molecular flexibility index (Phi) is 10.1. The Balaban J connectivity index is 0.000000226. The number of hydrogen-bond donors (Lipinski definition) is 3. The standard InChI is InChI=1S/C29H28N6O.C11H10N2O2/c36-29(25-16-32-35(20-25)19-21-6-2-1-3-7-21)33-27-17-31-28-26(27)14-24(15-30-28)23-10-8-22(9-11-23)18-34-12-4-5-13-34;14-11(15)10-6-12-13(8-10)7-9-4-2-1-3-5-9/h1-3,6-11,14-17,20H,4-5,12-13,18-19H2,(H,30,31)(H,33,36);1-6,8H,7H2,(H,14,15). The molecule has 1 saturated heterocycles. The second kappa shape index (κ2) is 15.5. The Bertz CT molecular complexity index is 2220. The van der Waals surface area contributed by atoms with E-state index in [9.17, 15) is 9.59 Å². The van der Waals surface area contributed by atoms with Crippen molar-refractivity contribution in [3.63, 3.8) is 0 Å². The van der Waals surface area contributed by atoms with Crippen LogP contribution < -0.4 is 5.32 Å². The van der Waals surface area contributed by atoms with E-state index in [-0.39, 0.29) is 11.5 Å². The number of aromatic carboxylic acids is 1. The van der Waals surface area contributed by atoms with Crippen LogP contribution in [0.5, 0.6) is 0 Å². The fraction of sp³-hybridized carbons (Fsp3) is 0.175. The SMILES string of the molecule is O=C(Nc1c[nH]c2ncc(-c3ccc(CN4CCCC4)cc3)cc12)c1cnn(Cc2ccccc2)c1.O=C(O)c1cnn(Cc2ccccc2)c1. The number of fused-ring (bicyclic) bond motifs is 1. The maximum atomic E-state index is 13.0. The van der Waals surface area contributed by atoms with Gasteiger partial charge in [-0.3, -0.25) is 19.1 Å². The van der Waals surface area contributed by atoms with Crippen molar-refractivity contribution in [1.82, 2.24) is 34.4 Å². The molecule has 7 aromatic rings. The van der Waals surface area contributed by atoms with Crippen molar-refractivity contribution in [3.05, 3.63) is 156 Å². The van der Waals surface area contributed by atoms with Gasteiger partial charge in [0, 0.05) is 42.3 Å². The Morgan fingerprint density at radius 1 is 0.706 bits per heavy atom. The summed E-state index contributed by atoms with van der Waals surface area (Å²) < 4.78 is 3.38. The fourth-order valence-electron chi connectivity index (χ4n) is 6.13. The van der Waals surface area contributed by atoms with Crippen LogP contribution in [0.1, 0.15) is 50.2 Å². The monoisotopic (exact) mass is 678 g/mol. The maximum absolute atomic E-state index is 13.0. The Morgan fingerprint density at radius 3 is 1.90 bits per heavy atom. The fourth-order valence-corrected chi connectivity index (χ4v) is 6.13. The van der Waals surface area contributed by atoms with Crippen molar-refractivity contribution < 1.29 is 14.7 Å². The molecule has 0 spiro atoms. The zero-order valence-electron chi connectivity index (χ0n) is 28.0. The number of hydrogen-bond acceptors (Lipinski definition) is 6. The lowest BCUT2D eigenvalue weighted by molar-refractivity contribution is 0.0696. The lowest BCUT2D eigenvalue weighted by atomic mass is 10.0. The van der Waals surface area contributed by atoms with Crippen LogP contribution in [0.2, 0.25) is 0 Å². The normalized spacial score (nSPS) is 12.8. The molecule has 1 aliphatic rings. The van der Waals surface area contributed by atoms with Crippen LogP contribution in [0.4, 0.5) is 5.69 Å². The van der Waals surface area contributed by atoms with Gasteiger partial charge in [-0.15, -0.1) is 0 Å². The average Bonchev–Trinajstić information content (AvgIpc) is 3.99. The van der Waals surface area contributed by atoms with Crippen molar-refractivity contribution in [2.75, 3.05) is 18.4 Å². The predicted octanol–water partition coefficient (Wildman–Crippen LogP) is 6.95. The van der Waals surface area contributed by atoms with Crippen molar-refractivity contribution in [2.45, 2.75) is 32.5 Å². The summed E-state index contributed by atoms with van der Waals surface area (Å²) >= 11 is 0. The molecular formula is C40H38N8O3. The molecule has 0 radical (unpaired) electrons. The van der Waals surface area contributed by atoms with Gasteiger partial charge in [0.1, 0.15) is 5.65 Å². The average molecular weight is 679 g/mol. The van der Waals surface area contributed by atoms with Gasteiger partial charge in [-0.2, -0.15) is 10.2 Å². The largest absolute Gasteiger partial charge is 0.478 e. The van der Waals surface area contributed by atoms with E-state index in [4.69, 9.17) is 5.11 Å². The molecule has 0 bridgehead atoms. The first-order chi connectivity index (χ1) is 25.0. The molecule has 0 unspecified atom stereocenters. The van der Waals surface area contributed by atoms with Gasteiger partial charge in [0.2, 0.25) is 0 Å². The Labute approximate surface area is 295 Å². The van der Waals surface area contributed by atoms with Crippen LogP contribution in [0.15, 0.2) is 128 Å². The lowest BCUT2D eigenvalue weighted by Gasteiger charge is -2.14. The Morgan fingerprint density at radius 2 is 1.29 bits per heavy atom. The minimum atomic E-state index is -0.950. The number of benzene rings is 3. The summed E-state index contributed by atoms with van der Waals surface area (Å²) in [6, 6.07) is 30.6. The third kappa shape index (κ3) is 8.46. The summed E-state index contributed by atoms with van der Waals surface area (Å²) in [7, 11) is 0. The van der Waals surface area contributed by atoms with E-state index in [1.165, 1.54) is 43.9 Å². The third-order valence-corrected chi connectivity index (χ3v) is 8.82. The number of rotatable bonds is 10. The van der Waals surface area contributed by atoms with Gasteiger partial charge in [0.25, 0.3) is 5.91 Å². The highest BCUT2D eigenvalue weighted by Crippen LogP contribution is 2.28. The molecule has 0 atom stereocenters. The van der Waals surface area contributed by atoms with Crippen LogP contribution in [0, 0.1) is 0 Å². The number of carbonyl (C=O) groups is 2. The molecule has 1 aliphatic heterocycles. The number of likely N-dealkylation sites (tertiary alicyclic amines) is 1. The third-order valence-electron chi connectivity index (χ3n) is 8.82. The lowest BCUT2D eigenvalue weighted by Crippen LogP contribution is -2.18. The van der Waals surface area contributed by atoms with Gasteiger partial charge in [0.15, 0.2) is 0 Å². The number of anilines is 1. The van der Waals surface area contributed by atoms with E-state index in [1.54, 1.807) is 28.0 Å². The van der Waals surface area contributed by atoms with E-state index in [0.29, 0.717) is 24.3 Å². The summed E-state index contributed by atoms with van der Waals surface area (Å²) in [4.78, 5) is 33.8. The highest BCUT2D eigenvalue weighted by atomic mass is 16.4. The molecule has 8 rings (SSSR count). The first-order valence-corrected chi connectivity index (χ1v) is 16.9. The minimum absolute atomic E-state index is 0.202. The predicted molar refractivity (Wildman–Crippen MR) is 196 cm³/mol. The number of carbonyl (C=O) groups excluding carboxylic acids is 1. The molecular weight excluding hydrogens is 640 g/mol. The summed E-state index contributed by atoms with van der Waals surface area (Å²) in [5.41, 5.74) is 7.84. The van der Waals surface area contributed by atoms with Crippen molar-refractivity contribution >= 4 is 28.6 Å². The second-order valence-corrected chi connectivity index (χ2v) is 12.6. The highest BCUT2D eigenvalue weighted by Gasteiger charge is 2.15. The van der Waals surface area contributed by atoms with E-state index in [1.807, 2.05) is 66.9 Å². The van der Waals surface area contributed by atoms with Gasteiger partial charge < -0.3 is 15.4 Å². The molecule has 5 heterocycles. The molecule has 256 valence electrons. The highest BCUT2D eigenvalue weighted by molar-refractivity contribution is 6.08. The zero-order valence-corrected chi connectivity index (χ0v) is 28.0. The van der Waals surface area contributed by atoms with Crippen molar-refractivity contribution in [2.24, 2.45) is 0 Å². The number of aromatic amines is 1. The molecule has 3 N–H and O–H groups in total. The molecule has 11 heteroatoms. The summed E-state index contributed by atoms with van der Waals surface area (Å²) in [5.74, 6) is -1.15. The molecule has 1 amide bonds. The molecule has 4 aromatic heterocycles. The quantitative estimate of drug-likeness (QED) is 0.143. The van der Waals surface area contributed by atoms with Crippen LogP contribution in [0.3, 0.4) is 0 Å². The topological polar surface area (TPSA) is 134 Å².